The number of carbonyl (C=O) groups excluding carboxylic acids is 2. The summed E-state index contributed by atoms with van der Waals surface area (Å²) < 4.78 is 31.3. The Morgan fingerprint density at radius 3 is 2.66 bits per heavy atom. The lowest BCUT2D eigenvalue weighted by Gasteiger charge is -2.15. The fraction of sp³-hybridized carbons (Fsp3) is 0.522. The molecule has 174 valence electrons. The summed E-state index contributed by atoms with van der Waals surface area (Å²) in [6.45, 7) is 2.75. The Kier molecular flexibility index (Phi) is 8.56. The molecule has 0 saturated heterocycles. The minimum atomic E-state index is -3.45. The molecule has 1 aliphatic carbocycles. The van der Waals surface area contributed by atoms with Crippen LogP contribution in [0.2, 0.25) is 0 Å². The number of sulfone groups is 1. The van der Waals surface area contributed by atoms with E-state index < -0.39 is 9.84 Å². The third-order valence-electron chi connectivity index (χ3n) is 5.58. The van der Waals surface area contributed by atoms with Crippen molar-refractivity contribution in [3.63, 3.8) is 0 Å². The van der Waals surface area contributed by atoms with Gasteiger partial charge in [-0.3, -0.25) is 9.59 Å². The first-order valence-corrected chi connectivity index (χ1v) is 13.3. The van der Waals surface area contributed by atoms with E-state index in [-0.39, 0.29) is 36.2 Å². The molecule has 0 spiro atoms. The summed E-state index contributed by atoms with van der Waals surface area (Å²) in [6, 6.07) is 5.30. The lowest BCUT2D eigenvalue weighted by molar-refractivity contribution is -0.120. The van der Waals surface area contributed by atoms with Crippen molar-refractivity contribution in [2.24, 2.45) is 0 Å². The average Bonchev–Trinajstić information content (AvgIpc) is 3.42. The number of nitrogens with zero attached hydrogens (tertiary/aromatic N) is 1. The van der Waals surface area contributed by atoms with E-state index in [1.165, 1.54) is 11.3 Å². The van der Waals surface area contributed by atoms with E-state index in [9.17, 15) is 18.0 Å². The topological polar surface area (TPSA) is 102 Å². The molecule has 0 radical (unpaired) electrons. The van der Waals surface area contributed by atoms with Crippen LogP contribution in [0.1, 0.15) is 47.5 Å². The molecule has 32 heavy (non-hydrogen) atoms. The summed E-state index contributed by atoms with van der Waals surface area (Å²) in [6.07, 6.45) is 3.55. The van der Waals surface area contributed by atoms with Gasteiger partial charge in [-0.05, 0) is 37.0 Å². The van der Waals surface area contributed by atoms with Gasteiger partial charge >= 0.3 is 0 Å². The zero-order valence-electron chi connectivity index (χ0n) is 18.6. The summed E-state index contributed by atoms with van der Waals surface area (Å²) in [5.41, 5.74) is 2.04. The maximum Gasteiger partial charge on any atom is 0.226 e. The van der Waals surface area contributed by atoms with Crippen molar-refractivity contribution in [2.75, 3.05) is 20.3 Å². The van der Waals surface area contributed by atoms with E-state index in [2.05, 4.69) is 10.3 Å². The Balaban J connectivity index is 1.65. The number of benzene rings is 1. The summed E-state index contributed by atoms with van der Waals surface area (Å²) in [4.78, 5) is 29.3. The smallest absolute Gasteiger partial charge is 0.226 e. The number of Topliss-reactive ketones (excluding diaryl/α,β-unsaturated/α-hetero) is 1. The average molecular weight is 479 g/mol. The maximum absolute atomic E-state index is 13.2. The highest BCUT2D eigenvalue weighted by molar-refractivity contribution is 7.92. The van der Waals surface area contributed by atoms with Crippen molar-refractivity contribution in [1.29, 1.82) is 0 Å². The Hall–Kier alpha value is -2.10. The molecular formula is C23H30N2O5S2. The Morgan fingerprint density at radius 2 is 1.94 bits per heavy atom. The van der Waals surface area contributed by atoms with Gasteiger partial charge in [-0.2, -0.15) is 0 Å². The molecule has 1 aromatic carbocycles. The fourth-order valence-electron chi connectivity index (χ4n) is 3.93. The number of hydrogen-bond donors (Lipinski definition) is 1. The summed E-state index contributed by atoms with van der Waals surface area (Å²) in [7, 11) is -1.88. The molecule has 2 aromatic rings. The molecule has 0 unspecified atom stereocenters. The second-order valence-corrected chi connectivity index (χ2v) is 11.3. The van der Waals surface area contributed by atoms with Crippen LogP contribution in [-0.2, 0) is 43.4 Å². The van der Waals surface area contributed by atoms with E-state index >= 15 is 0 Å². The molecule has 1 N–H and O–H groups in total. The van der Waals surface area contributed by atoms with Gasteiger partial charge in [-0.1, -0.05) is 25.0 Å². The van der Waals surface area contributed by atoms with Crippen molar-refractivity contribution >= 4 is 32.9 Å². The molecule has 1 fully saturated rings. The predicted molar refractivity (Wildman–Crippen MR) is 124 cm³/mol. The molecule has 1 heterocycles. The van der Waals surface area contributed by atoms with Crippen LogP contribution in [0.4, 0.5) is 0 Å². The number of ether oxygens (including phenoxy) is 1. The maximum atomic E-state index is 13.2. The molecule has 0 aliphatic heterocycles. The molecule has 9 heteroatoms. The molecule has 0 atom stereocenters. The quantitative estimate of drug-likeness (QED) is 0.498. The van der Waals surface area contributed by atoms with E-state index in [1.807, 2.05) is 13.0 Å². The lowest BCUT2D eigenvalue weighted by Crippen LogP contribution is -2.28. The van der Waals surface area contributed by atoms with Gasteiger partial charge in [0.25, 0.3) is 0 Å². The third-order valence-corrected chi connectivity index (χ3v) is 8.82. The van der Waals surface area contributed by atoms with Crippen molar-refractivity contribution in [2.45, 2.75) is 62.0 Å². The number of aryl methyl sites for hydroxylation is 1. The number of aromatic nitrogens is 1. The van der Waals surface area contributed by atoms with Crippen LogP contribution in [0.15, 0.2) is 28.5 Å². The van der Waals surface area contributed by atoms with E-state index in [0.717, 1.165) is 18.4 Å². The molecule has 7 nitrogen and oxygen atoms in total. The van der Waals surface area contributed by atoms with Crippen molar-refractivity contribution in [3.8, 4) is 0 Å². The number of carbonyl (C=O) groups is 2. The van der Waals surface area contributed by atoms with Gasteiger partial charge in [0, 0.05) is 25.5 Å². The number of ketones is 1. The summed E-state index contributed by atoms with van der Waals surface area (Å²) in [5, 5.41) is 4.79. The second-order valence-electron chi connectivity index (χ2n) is 8.21. The van der Waals surface area contributed by atoms with Crippen LogP contribution in [0.5, 0.6) is 0 Å². The van der Waals surface area contributed by atoms with Gasteiger partial charge in [-0.15, -0.1) is 11.3 Å². The number of methoxy groups -OCH3 is 1. The number of amides is 1. The fourth-order valence-corrected chi connectivity index (χ4v) is 6.92. The molecule has 3 rings (SSSR count). The highest BCUT2D eigenvalue weighted by Gasteiger charge is 2.32. The number of nitrogens with one attached hydrogen (secondary N) is 1. The summed E-state index contributed by atoms with van der Waals surface area (Å²) in [5.74, 6) is -0.242. The monoisotopic (exact) mass is 478 g/mol. The SMILES string of the molecule is COCCNC(=O)Cc1csc(CC(=O)Cc2ccc(C)cc2S(=O)(=O)C2CCCC2)n1. The highest BCUT2D eigenvalue weighted by Crippen LogP contribution is 2.32. The minimum Gasteiger partial charge on any atom is -0.383 e. The van der Waals surface area contributed by atoms with Gasteiger partial charge < -0.3 is 10.1 Å². The van der Waals surface area contributed by atoms with E-state index in [4.69, 9.17) is 4.74 Å². The predicted octanol–water partition coefficient (Wildman–Crippen LogP) is 2.83. The molecule has 1 aromatic heterocycles. The van der Waals surface area contributed by atoms with Gasteiger partial charge in [0.05, 0.1) is 35.3 Å². The third kappa shape index (κ3) is 6.46. The molecule has 1 amide bonds. The first kappa shape index (κ1) is 24.5. The van der Waals surface area contributed by atoms with Gasteiger partial charge in [0.15, 0.2) is 9.84 Å². The second kappa shape index (κ2) is 11.2. The number of thiazole rings is 1. The van der Waals surface area contributed by atoms with Gasteiger partial charge in [0.2, 0.25) is 5.91 Å². The lowest BCUT2D eigenvalue weighted by atomic mass is 10.1. The van der Waals surface area contributed by atoms with Crippen LogP contribution in [0, 0.1) is 6.92 Å². The number of hydrogen-bond acceptors (Lipinski definition) is 7. The number of rotatable bonds is 11. The molecule has 1 saturated carbocycles. The molecular weight excluding hydrogens is 448 g/mol. The molecule has 0 bridgehead atoms. The standard InChI is InChI=1S/C23H30N2O5S2/c1-16-7-8-17(21(11-16)32(28,29)20-5-3-4-6-20)12-19(26)14-23-25-18(15-31-23)13-22(27)24-9-10-30-2/h7-8,11,15,20H,3-6,9-10,12-14H2,1-2H3,(H,24,27). The Bertz CT molecular complexity index is 1060. The largest absolute Gasteiger partial charge is 0.383 e. The van der Waals surface area contributed by atoms with Crippen molar-refractivity contribution in [3.05, 3.63) is 45.4 Å². The van der Waals surface area contributed by atoms with Crippen LogP contribution in [0.3, 0.4) is 0 Å². The van der Waals surface area contributed by atoms with E-state index in [1.54, 1.807) is 24.6 Å². The van der Waals surface area contributed by atoms with Crippen molar-refractivity contribution < 1.29 is 22.7 Å². The van der Waals surface area contributed by atoms with Crippen LogP contribution < -0.4 is 5.32 Å². The first-order valence-electron chi connectivity index (χ1n) is 10.8. The first-order chi connectivity index (χ1) is 15.3. The summed E-state index contributed by atoms with van der Waals surface area (Å²) >= 11 is 1.34. The minimum absolute atomic E-state index is 0.0496. The van der Waals surface area contributed by atoms with E-state index in [0.29, 0.717) is 47.2 Å². The zero-order valence-corrected chi connectivity index (χ0v) is 20.2. The molecule has 1 aliphatic rings. The highest BCUT2D eigenvalue weighted by atomic mass is 32.2. The van der Waals surface area contributed by atoms with Crippen LogP contribution in [-0.4, -0.2) is 50.6 Å². The zero-order chi connectivity index (χ0) is 23.1. The van der Waals surface area contributed by atoms with Gasteiger partial charge in [0.1, 0.15) is 10.8 Å². The Labute approximate surface area is 193 Å². The van der Waals surface area contributed by atoms with Crippen molar-refractivity contribution in [1.82, 2.24) is 10.3 Å². The Morgan fingerprint density at radius 1 is 1.19 bits per heavy atom. The van der Waals surface area contributed by atoms with Gasteiger partial charge in [-0.25, -0.2) is 13.4 Å². The van der Waals surface area contributed by atoms with Crippen LogP contribution >= 0.6 is 11.3 Å². The normalized spacial score (nSPS) is 14.6. The van der Waals surface area contributed by atoms with Crippen LogP contribution in [0.25, 0.3) is 0 Å².